The van der Waals surface area contributed by atoms with Crippen molar-refractivity contribution in [2.24, 2.45) is 0 Å². The van der Waals surface area contributed by atoms with Crippen molar-refractivity contribution in [2.45, 2.75) is 19.6 Å². The number of aromatic nitrogens is 1. The molecule has 1 N–H and O–H groups in total. The van der Waals surface area contributed by atoms with Crippen LogP contribution >= 0.6 is 11.6 Å². The first-order valence-electron chi connectivity index (χ1n) is 8.30. The fourth-order valence-electron chi connectivity index (χ4n) is 2.47. The SMILES string of the molecule is O=C(Cc1ccccc1)Nc1cc(COCc2ccc(Cl)cc2)ccn1. The van der Waals surface area contributed by atoms with Gasteiger partial charge in [-0.05, 0) is 41.0 Å². The van der Waals surface area contributed by atoms with E-state index >= 15 is 0 Å². The van der Waals surface area contributed by atoms with Crippen LogP contribution in [0.5, 0.6) is 0 Å². The summed E-state index contributed by atoms with van der Waals surface area (Å²) in [5, 5.41) is 3.53. The molecule has 1 amide bonds. The fourth-order valence-corrected chi connectivity index (χ4v) is 2.59. The summed E-state index contributed by atoms with van der Waals surface area (Å²) in [5.74, 6) is 0.432. The van der Waals surface area contributed by atoms with Crippen molar-refractivity contribution in [3.8, 4) is 0 Å². The van der Waals surface area contributed by atoms with Gasteiger partial charge in [-0.25, -0.2) is 4.98 Å². The van der Waals surface area contributed by atoms with E-state index in [1.807, 2.05) is 66.7 Å². The molecule has 3 aromatic rings. The molecule has 0 unspecified atom stereocenters. The van der Waals surface area contributed by atoms with Gasteiger partial charge in [-0.2, -0.15) is 0 Å². The van der Waals surface area contributed by atoms with Crippen LogP contribution in [0.25, 0.3) is 0 Å². The van der Waals surface area contributed by atoms with Crippen molar-refractivity contribution < 1.29 is 9.53 Å². The summed E-state index contributed by atoms with van der Waals surface area (Å²) >= 11 is 5.87. The molecule has 26 heavy (non-hydrogen) atoms. The maximum absolute atomic E-state index is 12.1. The molecule has 0 spiro atoms. The molecule has 5 heteroatoms. The van der Waals surface area contributed by atoms with Crippen LogP contribution in [0.4, 0.5) is 5.82 Å². The van der Waals surface area contributed by atoms with E-state index in [0.717, 1.165) is 16.7 Å². The van der Waals surface area contributed by atoms with Gasteiger partial charge in [-0.3, -0.25) is 4.79 Å². The molecule has 3 rings (SSSR count). The maximum atomic E-state index is 12.1. The lowest BCUT2D eigenvalue weighted by atomic mass is 10.1. The van der Waals surface area contributed by atoms with Crippen molar-refractivity contribution >= 4 is 23.3 Å². The summed E-state index contributed by atoms with van der Waals surface area (Å²) in [6.07, 6.45) is 1.99. The Bertz CT molecular complexity index is 851. The minimum absolute atomic E-state index is 0.0945. The van der Waals surface area contributed by atoms with Gasteiger partial charge in [0.1, 0.15) is 5.82 Å². The zero-order valence-electron chi connectivity index (χ0n) is 14.2. The molecule has 0 bridgehead atoms. The number of ether oxygens (including phenoxy) is 1. The lowest BCUT2D eigenvalue weighted by molar-refractivity contribution is -0.115. The van der Waals surface area contributed by atoms with E-state index in [0.29, 0.717) is 30.5 Å². The molecule has 2 aromatic carbocycles. The van der Waals surface area contributed by atoms with Crippen LogP contribution < -0.4 is 5.32 Å². The highest BCUT2D eigenvalue weighted by Crippen LogP contribution is 2.13. The zero-order valence-corrected chi connectivity index (χ0v) is 14.9. The third-order valence-electron chi connectivity index (χ3n) is 3.75. The molecule has 4 nitrogen and oxygen atoms in total. The Balaban J connectivity index is 1.51. The summed E-state index contributed by atoms with van der Waals surface area (Å²) in [6.45, 7) is 0.932. The Morgan fingerprint density at radius 3 is 2.42 bits per heavy atom. The molecule has 1 aromatic heterocycles. The lowest BCUT2D eigenvalue weighted by Crippen LogP contribution is -2.15. The zero-order chi connectivity index (χ0) is 18.2. The van der Waals surface area contributed by atoms with Crippen molar-refractivity contribution in [1.82, 2.24) is 4.98 Å². The van der Waals surface area contributed by atoms with Gasteiger partial charge in [-0.15, -0.1) is 0 Å². The lowest BCUT2D eigenvalue weighted by Gasteiger charge is -2.08. The van der Waals surface area contributed by atoms with Crippen LogP contribution in [0.3, 0.4) is 0 Å². The number of pyridine rings is 1. The Labute approximate surface area is 157 Å². The Morgan fingerprint density at radius 1 is 0.923 bits per heavy atom. The Hall–Kier alpha value is -2.69. The number of nitrogens with zero attached hydrogens (tertiary/aromatic N) is 1. The maximum Gasteiger partial charge on any atom is 0.229 e. The minimum atomic E-state index is -0.0945. The average Bonchev–Trinajstić information content (AvgIpc) is 2.64. The highest BCUT2D eigenvalue weighted by Gasteiger charge is 2.05. The monoisotopic (exact) mass is 366 g/mol. The number of anilines is 1. The van der Waals surface area contributed by atoms with Crippen LogP contribution in [-0.2, 0) is 29.2 Å². The van der Waals surface area contributed by atoms with E-state index in [-0.39, 0.29) is 5.91 Å². The number of halogens is 1. The number of hydrogen-bond donors (Lipinski definition) is 1. The van der Waals surface area contributed by atoms with Crippen molar-refractivity contribution in [2.75, 3.05) is 5.32 Å². The molecule has 0 aliphatic rings. The molecule has 1 heterocycles. The molecule has 0 saturated heterocycles. The molecule has 0 radical (unpaired) electrons. The van der Waals surface area contributed by atoms with Gasteiger partial charge in [0.2, 0.25) is 5.91 Å². The van der Waals surface area contributed by atoms with Crippen molar-refractivity contribution in [3.05, 3.63) is 94.6 Å². The highest BCUT2D eigenvalue weighted by atomic mass is 35.5. The van der Waals surface area contributed by atoms with Gasteiger partial charge >= 0.3 is 0 Å². The second-order valence-corrected chi connectivity index (χ2v) is 6.32. The molecule has 0 fully saturated rings. The first-order valence-corrected chi connectivity index (χ1v) is 8.68. The predicted octanol–water partition coefficient (Wildman–Crippen LogP) is 4.63. The van der Waals surface area contributed by atoms with Gasteiger partial charge in [0.15, 0.2) is 0 Å². The number of carbonyl (C=O) groups is 1. The molecular weight excluding hydrogens is 348 g/mol. The van der Waals surface area contributed by atoms with Gasteiger partial charge in [0, 0.05) is 11.2 Å². The topological polar surface area (TPSA) is 51.2 Å². The number of carbonyl (C=O) groups excluding carboxylic acids is 1. The third kappa shape index (κ3) is 5.69. The largest absolute Gasteiger partial charge is 0.372 e. The van der Waals surface area contributed by atoms with E-state index in [1.165, 1.54) is 0 Å². The Kier molecular flexibility index (Phi) is 6.36. The van der Waals surface area contributed by atoms with Gasteiger partial charge in [0.05, 0.1) is 19.6 Å². The van der Waals surface area contributed by atoms with E-state index in [9.17, 15) is 4.79 Å². The first kappa shape index (κ1) is 18.1. The molecule has 0 saturated carbocycles. The van der Waals surface area contributed by atoms with Gasteiger partial charge < -0.3 is 10.1 Å². The molecule has 0 atom stereocenters. The van der Waals surface area contributed by atoms with Gasteiger partial charge in [-0.1, -0.05) is 54.1 Å². The normalized spacial score (nSPS) is 10.5. The molecule has 0 aliphatic carbocycles. The highest BCUT2D eigenvalue weighted by molar-refractivity contribution is 6.30. The second-order valence-electron chi connectivity index (χ2n) is 5.88. The number of amides is 1. The van der Waals surface area contributed by atoms with Crippen molar-refractivity contribution in [3.63, 3.8) is 0 Å². The predicted molar refractivity (Wildman–Crippen MR) is 103 cm³/mol. The summed E-state index contributed by atoms with van der Waals surface area (Å²) in [7, 11) is 0. The molecule has 132 valence electrons. The van der Waals surface area contributed by atoms with Crippen LogP contribution in [0.2, 0.25) is 5.02 Å². The number of nitrogens with one attached hydrogen (secondary N) is 1. The first-order chi connectivity index (χ1) is 12.7. The Morgan fingerprint density at radius 2 is 1.65 bits per heavy atom. The van der Waals surface area contributed by atoms with Crippen LogP contribution in [0.1, 0.15) is 16.7 Å². The number of rotatable bonds is 7. The van der Waals surface area contributed by atoms with E-state index in [4.69, 9.17) is 16.3 Å². The van der Waals surface area contributed by atoms with Gasteiger partial charge in [0.25, 0.3) is 0 Å². The summed E-state index contributed by atoms with van der Waals surface area (Å²) in [6, 6.07) is 20.9. The third-order valence-corrected chi connectivity index (χ3v) is 4.00. The van der Waals surface area contributed by atoms with Crippen LogP contribution in [0.15, 0.2) is 72.9 Å². The summed E-state index contributed by atoms with van der Waals surface area (Å²) in [5.41, 5.74) is 2.97. The minimum Gasteiger partial charge on any atom is -0.372 e. The van der Waals surface area contributed by atoms with E-state index in [1.54, 1.807) is 6.20 Å². The smallest absolute Gasteiger partial charge is 0.229 e. The van der Waals surface area contributed by atoms with Crippen molar-refractivity contribution in [1.29, 1.82) is 0 Å². The average molecular weight is 367 g/mol. The quantitative estimate of drug-likeness (QED) is 0.663. The standard InChI is InChI=1S/C21H19ClN2O2/c22-19-8-6-17(7-9-19)14-26-15-18-10-11-23-20(12-18)24-21(25)13-16-4-2-1-3-5-16/h1-12H,13-15H2,(H,23,24,25). The second kappa shape index (κ2) is 9.13. The number of hydrogen-bond acceptors (Lipinski definition) is 3. The summed E-state index contributed by atoms with van der Waals surface area (Å²) in [4.78, 5) is 16.3. The van der Waals surface area contributed by atoms with Crippen LogP contribution in [0, 0.1) is 0 Å². The summed E-state index contributed by atoms with van der Waals surface area (Å²) < 4.78 is 5.72. The fraction of sp³-hybridized carbons (Fsp3) is 0.143. The number of benzene rings is 2. The molecular formula is C21H19ClN2O2. The van der Waals surface area contributed by atoms with E-state index < -0.39 is 0 Å². The van der Waals surface area contributed by atoms with E-state index in [2.05, 4.69) is 10.3 Å². The molecule has 0 aliphatic heterocycles. The van der Waals surface area contributed by atoms with Crippen LogP contribution in [-0.4, -0.2) is 10.9 Å².